The van der Waals surface area contributed by atoms with Crippen LogP contribution in [0.15, 0.2) is 0 Å². The third-order valence-corrected chi connectivity index (χ3v) is 2.83. The van der Waals surface area contributed by atoms with Crippen molar-refractivity contribution in [2.75, 3.05) is 0 Å². The van der Waals surface area contributed by atoms with Crippen molar-refractivity contribution in [3.8, 4) is 0 Å². The van der Waals surface area contributed by atoms with Crippen LogP contribution in [-0.2, 0) is 62.3 Å². The van der Waals surface area contributed by atoms with Crippen molar-refractivity contribution in [1.82, 2.24) is 0 Å². The van der Waals surface area contributed by atoms with Gasteiger partial charge in [0.1, 0.15) is 0 Å². The van der Waals surface area contributed by atoms with Crippen LogP contribution in [0.2, 0.25) is 0 Å². The number of hydrogen-bond donors (Lipinski definition) is 0. The maximum atomic E-state index is 9.38. The van der Waals surface area contributed by atoms with E-state index in [-0.39, 0.29) is 17.1 Å². The fourth-order valence-corrected chi connectivity index (χ4v) is 1.74. The second-order valence-electron chi connectivity index (χ2n) is 0.885. The normalized spacial score (nSPS) is 12.2. The van der Waals surface area contributed by atoms with E-state index in [1.807, 2.05) is 0 Å². The van der Waals surface area contributed by atoms with Crippen molar-refractivity contribution in [1.29, 1.82) is 0 Å². The second-order valence-corrected chi connectivity index (χ2v) is 4.52. The van der Waals surface area contributed by atoms with Gasteiger partial charge in [-0.15, -0.1) is 0 Å². The van der Waals surface area contributed by atoms with Gasteiger partial charge in [-0.1, -0.05) is 0 Å². The summed E-state index contributed by atoms with van der Waals surface area (Å²) in [6.07, 6.45) is 0. The molecule has 0 aliphatic heterocycles. The zero-order valence-electron chi connectivity index (χ0n) is 3.98. The Morgan fingerprint density at radius 1 is 0.900 bits per heavy atom. The van der Waals surface area contributed by atoms with Gasteiger partial charge >= 0.3 is 70.7 Å². The molecule has 0 spiro atoms. The van der Waals surface area contributed by atoms with Crippen LogP contribution in [0.1, 0.15) is 0 Å². The average Bonchev–Trinajstić information content (AvgIpc) is 1.14. The average molecular weight is 280 g/mol. The van der Waals surface area contributed by atoms with E-state index in [1.54, 1.807) is 0 Å². The summed E-state index contributed by atoms with van der Waals surface area (Å²) in [5.41, 5.74) is 0. The first-order chi connectivity index (χ1) is 3.71. The van der Waals surface area contributed by atoms with Gasteiger partial charge in [0.25, 0.3) is 0 Å². The Kier molecular flexibility index (Phi) is 5.16. The van der Waals surface area contributed by atoms with E-state index in [0.29, 0.717) is 0 Å². The molecule has 7 nitrogen and oxygen atoms in total. The van der Waals surface area contributed by atoms with Crippen LogP contribution in [0.3, 0.4) is 0 Å². The van der Waals surface area contributed by atoms with Gasteiger partial charge in [-0.05, 0) is 0 Å². The Morgan fingerprint density at radius 3 is 1.10 bits per heavy atom. The van der Waals surface area contributed by atoms with Crippen LogP contribution in [0.4, 0.5) is 0 Å². The summed E-state index contributed by atoms with van der Waals surface area (Å²) in [4.78, 5) is 0. The fraction of sp³-hybridized carbons (Fsp3) is 0. The van der Waals surface area contributed by atoms with Crippen molar-refractivity contribution < 1.29 is 70.7 Å². The summed E-state index contributed by atoms with van der Waals surface area (Å²) < 4.78 is 58.9. The molecule has 0 bridgehead atoms. The summed E-state index contributed by atoms with van der Waals surface area (Å²) >= 11 is -12.1. The van der Waals surface area contributed by atoms with Crippen molar-refractivity contribution in [3.63, 3.8) is 0 Å². The van der Waals surface area contributed by atoms with Crippen molar-refractivity contribution in [2.24, 2.45) is 0 Å². The van der Waals surface area contributed by atoms with E-state index in [9.17, 15) is 23.5 Å². The molecule has 65 valence electrons. The topological polar surface area (TPSA) is 124 Å². The monoisotopic (exact) mass is 279 g/mol. The molecule has 10 heteroatoms. The molecule has 0 N–H and O–H groups in total. The molecule has 0 atom stereocenters. The summed E-state index contributed by atoms with van der Waals surface area (Å²) in [6, 6.07) is 0. The molecule has 0 aromatic carbocycles. The maximum absolute atomic E-state index is 9.38. The van der Waals surface area contributed by atoms with Gasteiger partial charge in [-0.3, -0.25) is 0 Å². The first-order valence-corrected chi connectivity index (χ1v) is 5.50. The van der Waals surface area contributed by atoms with Crippen LogP contribution >= 0.6 is 0 Å². The van der Waals surface area contributed by atoms with E-state index in [2.05, 4.69) is 2.84 Å². The van der Waals surface area contributed by atoms with Crippen LogP contribution in [-0.4, -0.2) is 0 Å². The molecule has 0 aliphatic carbocycles. The molecule has 0 heterocycles. The molecule has 0 saturated heterocycles. The SMILES string of the molecule is [Cu+2].[O]=[Cr](=[O])([O-])[O][Cr](=[O])(=[O])[O-]. The molecule has 0 rings (SSSR count). The Morgan fingerprint density at radius 2 is 1.10 bits per heavy atom. The van der Waals surface area contributed by atoms with E-state index < -0.39 is 27.2 Å². The minimum absolute atomic E-state index is 0. The Balaban J connectivity index is 0. The first kappa shape index (κ1) is 13.3. The van der Waals surface area contributed by atoms with E-state index >= 15 is 0 Å². The zero-order valence-corrected chi connectivity index (χ0v) is 7.47. The summed E-state index contributed by atoms with van der Waals surface area (Å²) in [6.45, 7) is 0. The van der Waals surface area contributed by atoms with Crippen LogP contribution < -0.4 is 8.32 Å². The van der Waals surface area contributed by atoms with Crippen LogP contribution in [0, 0.1) is 0 Å². The minimum atomic E-state index is -6.07. The van der Waals surface area contributed by atoms with Gasteiger partial charge in [0.2, 0.25) is 0 Å². The number of rotatable bonds is 2. The Labute approximate surface area is 70.6 Å². The van der Waals surface area contributed by atoms with Gasteiger partial charge in [0.15, 0.2) is 0 Å². The standard InChI is InChI=1S/2Cr.Cu.7O/q;;+2;;;;;;2*-1. The van der Waals surface area contributed by atoms with Gasteiger partial charge in [0.05, 0.1) is 0 Å². The van der Waals surface area contributed by atoms with Gasteiger partial charge in [-0.25, -0.2) is 0 Å². The fourth-order valence-electron chi connectivity index (χ4n) is 0.102. The van der Waals surface area contributed by atoms with Gasteiger partial charge in [0, 0.05) is 0 Å². The van der Waals surface area contributed by atoms with Gasteiger partial charge in [-0.2, -0.15) is 0 Å². The molecule has 0 fully saturated rings. The molecule has 0 aromatic heterocycles. The summed E-state index contributed by atoms with van der Waals surface area (Å²) in [5.74, 6) is 0. The summed E-state index contributed by atoms with van der Waals surface area (Å²) in [5, 5.41) is 0. The quantitative estimate of drug-likeness (QED) is 0.496. The Bertz CT molecular complexity index is 237. The summed E-state index contributed by atoms with van der Waals surface area (Å²) in [7, 11) is 0. The van der Waals surface area contributed by atoms with Crippen LogP contribution in [0.5, 0.6) is 0 Å². The predicted octanol–water partition coefficient (Wildman–Crippen LogP) is -2.93. The molecule has 0 aliphatic rings. The first-order valence-electron chi connectivity index (χ1n) is 1.33. The molecule has 1 radical (unpaired) electrons. The molecule has 10 heavy (non-hydrogen) atoms. The van der Waals surface area contributed by atoms with Crippen LogP contribution in [0.25, 0.3) is 0 Å². The van der Waals surface area contributed by atoms with Crippen molar-refractivity contribution in [3.05, 3.63) is 0 Å². The number of hydrogen-bond acceptors (Lipinski definition) is 7. The predicted molar refractivity (Wildman–Crippen MR) is 3.83 cm³/mol. The molecule has 0 unspecified atom stereocenters. The van der Waals surface area contributed by atoms with E-state index in [0.717, 1.165) is 0 Å². The molecular formula is Cr2CuO7. The molecule has 0 amide bonds. The van der Waals surface area contributed by atoms with E-state index in [1.165, 1.54) is 0 Å². The third kappa shape index (κ3) is 11.5. The second kappa shape index (κ2) is 3.89. The molecule has 0 aromatic rings. The Hall–Kier alpha value is 0.664. The molecule has 0 saturated carbocycles. The van der Waals surface area contributed by atoms with Gasteiger partial charge < -0.3 is 0 Å². The molecular weight excluding hydrogens is 280 g/mol. The van der Waals surface area contributed by atoms with Crippen molar-refractivity contribution >= 4 is 0 Å². The van der Waals surface area contributed by atoms with E-state index in [4.69, 9.17) is 0 Å². The third-order valence-electron chi connectivity index (χ3n) is 0.167. The zero-order chi connectivity index (χ0) is 7.71. The van der Waals surface area contributed by atoms with Crippen molar-refractivity contribution in [2.45, 2.75) is 0 Å².